The molecule has 0 radical (unpaired) electrons. The SMILES string of the molecule is CN1CCC(COc2cc3nccc(Oc4ccc5c(ccn5C(=O)NC5CC5)c4)c3cc2C#N)CC1. The number of carbonyl (C=O) groups is 1. The number of rotatable bonds is 6. The van der Waals surface area contributed by atoms with Crippen molar-refractivity contribution in [2.75, 3.05) is 26.7 Å². The molecule has 8 nitrogen and oxygen atoms in total. The highest BCUT2D eigenvalue weighted by atomic mass is 16.5. The fourth-order valence-corrected chi connectivity index (χ4v) is 4.84. The van der Waals surface area contributed by atoms with Crippen LogP contribution >= 0.6 is 0 Å². The summed E-state index contributed by atoms with van der Waals surface area (Å²) in [5.74, 6) is 2.30. The second-order valence-corrected chi connectivity index (χ2v) is 10.1. The zero-order valence-electron chi connectivity index (χ0n) is 20.8. The smallest absolute Gasteiger partial charge is 0.326 e. The fourth-order valence-electron chi connectivity index (χ4n) is 4.84. The van der Waals surface area contributed by atoms with E-state index in [0.29, 0.717) is 46.9 Å². The number of piperidine rings is 1. The van der Waals surface area contributed by atoms with Gasteiger partial charge in [-0.15, -0.1) is 0 Å². The largest absolute Gasteiger partial charge is 0.492 e. The Morgan fingerprint density at radius 2 is 1.95 bits per heavy atom. The number of benzene rings is 2. The van der Waals surface area contributed by atoms with Crippen molar-refractivity contribution in [2.45, 2.75) is 31.7 Å². The van der Waals surface area contributed by atoms with Gasteiger partial charge in [0.2, 0.25) is 0 Å². The van der Waals surface area contributed by atoms with Gasteiger partial charge in [-0.25, -0.2) is 4.79 Å². The molecular weight excluding hydrogens is 466 g/mol. The predicted molar refractivity (Wildman–Crippen MR) is 141 cm³/mol. The third kappa shape index (κ3) is 4.95. The van der Waals surface area contributed by atoms with Gasteiger partial charge in [0.05, 0.1) is 23.2 Å². The molecule has 8 heteroatoms. The number of hydrogen-bond acceptors (Lipinski definition) is 6. The first-order chi connectivity index (χ1) is 18.1. The van der Waals surface area contributed by atoms with E-state index in [1.54, 1.807) is 29.1 Å². The van der Waals surface area contributed by atoms with Crippen molar-refractivity contribution in [3.8, 4) is 23.3 Å². The minimum Gasteiger partial charge on any atom is -0.492 e. The van der Waals surface area contributed by atoms with E-state index >= 15 is 0 Å². The Morgan fingerprint density at radius 3 is 2.73 bits per heavy atom. The summed E-state index contributed by atoms with van der Waals surface area (Å²) in [6.07, 6.45) is 7.76. The predicted octanol–water partition coefficient (Wildman–Crippen LogP) is 5.29. The van der Waals surface area contributed by atoms with Crippen LogP contribution in [-0.2, 0) is 0 Å². The molecular formula is C29H29N5O3. The summed E-state index contributed by atoms with van der Waals surface area (Å²) in [5, 5.41) is 14.5. The molecule has 6 rings (SSSR count). The van der Waals surface area contributed by atoms with Gasteiger partial charge < -0.3 is 19.7 Å². The normalized spacial score (nSPS) is 16.5. The lowest BCUT2D eigenvalue weighted by atomic mass is 9.98. The summed E-state index contributed by atoms with van der Waals surface area (Å²) >= 11 is 0. The van der Waals surface area contributed by atoms with Crippen molar-refractivity contribution in [3.05, 3.63) is 60.4 Å². The van der Waals surface area contributed by atoms with Gasteiger partial charge in [-0.2, -0.15) is 5.26 Å². The van der Waals surface area contributed by atoms with Gasteiger partial charge in [0.15, 0.2) is 0 Å². The Balaban J connectivity index is 1.23. The van der Waals surface area contributed by atoms with Gasteiger partial charge >= 0.3 is 6.03 Å². The summed E-state index contributed by atoms with van der Waals surface area (Å²) in [6, 6.07) is 15.4. The molecule has 1 aliphatic carbocycles. The molecule has 188 valence electrons. The molecule has 4 aromatic rings. The van der Waals surface area contributed by atoms with Crippen LogP contribution in [0.4, 0.5) is 4.79 Å². The van der Waals surface area contributed by atoms with Crippen LogP contribution in [0.25, 0.3) is 21.8 Å². The molecule has 0 atom stereocenters. The van der Waals surface area contributed by atoms with E-state index in [0.717, 1.165) is 55.1 Å². The number of amides is 1. The van der Waals surface area contributed by atoms with Crippen molar-refractivity contribution in [3.63, 3.8) is 0 Å². The third-order valence-electron chi connectivity index (χ3n) is 7.25. The number of aromatic nitrogens is 2. The monoisotopic (exact) mass is 495 g/mol. The number of nitrogens with one attached hydrogen (secondary N) is 1. The van der Waals surface area contributed by atoms with Crippen LogP contribution in [0.1, 0.15) is 31.2 Å². The molecule has 2 aromatic heterocycles. The van der Waals surface area contributed by atoms with E-state index < -0.39 is 0 Å². The summed E-state index contributed by atoms with van der Waals surface area (Å²) < 4.78 is 14.0. The summed E-state index contributed by atoms with van der Waals surface area (Å²) in [4.78, 5) is 19.3. The van der Waals surface area contributed by atoms with Crippen LogP contribution in [0.5, 0.6) is 17.2 Å². The second kappa shape index (κ2) is 9.75. The van der Waals surface area contributed by atoms with E-state index in [2.05, 4.69) is 28.3 Å². The van der Waals surface area contributed by atoms with Crippen LogP contribution in [0, 0.1) is 17.2 Å². The maximum atomic E-state index is 12.5. The second-order valence-electron chi connectivity index (χ2n) is 10.1. The van der Waals surface area contributed by atoms with E-state index in [1.165, 1.54) is 0 Å². The number of nitriles is 1. The van der Waals surface area contributed by atoms with Gasteiger partial charge in [0.25, 0.3) is 0 Å². The number of hydrogen-bond donors (Lipinski definition) is 1. The van der Waals surface area contributed by atoms with Crippen molar-refractivity contribution in [1.82, 2.24) is 19.8 Å². The molecule has 3 heterocycles. The number of fused-ring (bicyclic) bond motifs is 2. The average Bonchev–Trinajstić information content (AvgIpc) is 3.63. The minimum absolute atomic E-state index is 0.107. The molecule has 1 aliphatic heterocycles. The van der Waals surface area contributed by atoms with Gasteiger partial charge in [-0.3, -0.25) is 9.55 Å². The first kappa shape index (κ1) is 23.3. The van der Waals surface area contributed by atoms with E-state index in [-0.39, 0.29) is 6.03 Å². The standard InChI is InChI=1S/C29H29N5O3/c1-33-11-7-19(8-12-33)18-36-28-16-25-24(15-21(28)17-30)27(6-10-31-25)37-23-4-5-26-20(14-23)9-13-34(26)29(35)32-22-2-3-22/h4-6,9-10,13-16,19,22H,2-3,7-8,11-12,18H2,1H3,(H,32,35). The highest BCUT2D eigenvalue weighted by Crippen LogP contribution is 2.34. The Morgan fingerprint density at radius 1 is 1.11 bits per heavy atom. The molecule has 0 bridgehead atoms. The van der Waals surface area contributed by atoms with Crippen LogP contribution in [-0.4, -0.2) is 53.3 Å². The van der Waals surface area contributed by atoms with E-state index in [1.807, 2.05) is 30.3 Å². The molecule has 2 aromatic carbocycles. The maximum absolute atomic E-state index is 12.5. The lowest BCUT2D eigenvalue weighted by molar-refractivity contribution is 0.160. The number of pyridine rings is 1. The Bertz CT molecular complexity index is 1510. The average molecular weight is 496 g/mol. The van der Waals surface area contributed by atoms with Gasteiger partial charge in [-0.1, -0.05) is 0 Å². The molecule has 1 amide bonds. The van der Waals surface area contributed by atoms with Gasteiger partial charge in [0.1, 0.15) is 23.3 Å². The van der Waals surface area contributed by atoms with Crippen molar-refractivity contribution in [2.24, 2.45) is 5.92 Å². The zero-order chi connectivity index (χ0) is 25.4. The summed E-state index contributed by atoms with van der Waals surface area (Å²) in [7, 11) is 2.14. The molecule has 37 heavy (non-hydrogen) atoms. The molecule has 0 spiro atoms. The first-order valence-corrected chi connectivity index (χ1v) is 12.8. The molecule has 2 fully saturated rings. The lowest BCUT2D eigenvalue weighted by Crippen LogP contribution is -2.32. The summed E-state index contributed by atoms with van der Waals surface area (Å²) in [5.41, 5.74) is 1.99. The van der Waals surface area contributed by atoms with Crippen LogP contribution in [0.3, 0.4) is 0 Å². The Kier molecular flexibility index (Phi) is 6.15. The van der Waals surface area contributed by atoms with Crippen molar-refractivity contribution in [1.29, 1.82) is 5.26 Å². The molecule has 1 saturated carbocycles. The maximum Gasteiger partial charge on any atom is 0.326 e. The number of carbonyl (C=O) groups excluding carboxylic acids is 1. The van der Waals surface area contributed by atoms with Crippen molar-refractivity contribution < 1.29 is 14.3 Å². The van der Waals surface area contributed by atoms with Crippen LogP contribution < -0.4 is 14.8 Å². The summed E-state index contributed by atoms with van der Waals surface area (Å²) in [6.45, 7) is 2.75. The quantitative estimate of drug-likeness (QED) is 0.391. The number of likely N-dealkylation sites (tertiary alicyclic amines) is 1. The number of nitrogens with zero attached hydrogens (tertiary/aromatic N) is 4. The minimum atomic E-state index is -0.107. The molecule has 1 N–H and O–H groups in total. The molecule has 1 saturated heterocycles. The van der Waals surface area contributed by atoms with Gasteiger partial charge in [0, 0.05) is 35.3 Å². The molecule has 2 aliphatic rings. The Hall–Kier alpha value is -4.09. The lowest BCUT2D eigenvalue weighted by Gasteiger charge is -2.28. The highest BCUT2D eigenvalue weighted by Gasteiger charge is 2.24. The van der Waals surface area contributed by atoms with Gasteiger partial charge in [-0.05, 0) is 88.1 Å². The first-order valence-electron chi connectivity index (χ1n) is 12.8. The topological polar surface area (TPSA) is 92.4 Å². The van der Waals surface area contributed by atoms with E-state index in [4.69, 9.17) is 9.47 Å². The third-order valence-corrected chi connectivity index (χ3v) is 7.25. The Labute approximate surface area is 215 Å². The molecule has 0 unspecified atom stereocenters. The van der Waals surface area contributed by atoms with Crippen molar-refractivity contribution >= 4 is 27.8 Å². The van der Waals surface area contributed by atoms with Crippen LogP contribution in [0.2, 0.25) is 0 Å². The fraction of sp³-hybridized carbons (Fsp3) is 0.345. The highest BCUT2D eigenvalue weighted by molar-refractivity contribution is 5.93. The number of ether oxygens (including phenoxy) is 2. The zero-order valence-corrected chi connectivity index (χ0v) is 20.8. The van der Waals surface area contributed by atoms with E-state index in [9.17, 15) is 10.1 Å². The van der Waals surface area contributed by atoms with Crippen LogP contribution in [0.15, 0.2) is 54.9 Å².